The maximum absolute atomic E-state index is 10.7. The zero-order valence-electron chi connectivity index (χ0n) is 9.12. The third kappa shape index (κ3) is 3.15. The molecule has 0 aliphatic carbocycles. The molecule has 1 rings (SSSR count). The standard InChI is InChI=1S/C11H13NO4/c1-15-11(16-2)8-7-9-5-3-4-6-10(9)12(13)14/h3-8,11H,1-2H3/b8-7+. The molecule has 0 amide bonds. The van der Waals surface area contributed by atoms with Gasteiger partial charge in [0.2, 0.25) is 0 Å². The van der Waals surface area contributed by atoms with Gasteiger partial charge in [0, 0.05) is 20.3 Å². The first-order valence-electron chi connectivity index (χ1n) is 4.66. The fourth-order valence-corrected chi connectivity index (χ4v) is 1.23. The van der Waals surface area contributed by atoms with Crippen molar-refractivity contribution < 1.29 is 14.4 Å². The van der Waals surface area contributed by atoms with Crippen molar-refractivity contribution in [2.75, 3.05) is 14.2 Å². The molecule has 0 aliphatic heterocycles. The molecule has 0 N–H and O–H groups in total. The number of methoxy groups -OCH3 is 2. The molecule has 5 heteroatoms. The Morgan fingerprint density at radius 2 is 1.94 bits per heavy atom. The molecule has 0 atom stereocenters. The number of nitro benzene ring substituents is 1. The quantitative estimate of drug-likeness (QED) is 0.436. The molecular weight excluding hydrogens is 210 g/mol. The van der Waals surface area contributed by atoms with Crippen molar-refractivity contribution in [2.45, 2.75) is 6.29 Å². The highest BCUT2D eigenvalue weighted by atomic mass is 16.7. The molecular formula is C11H13NO4. The number of para-hydroxylation sites is 1. The predicted octanol–water partition coefficient (Wildman–Crippen LogP) is 2.23. The zero-order valence-corrected chi connectivity index (χ0v) is 9.12. The molecule has 1 aromatic rings. The summed E-state index contributed by atoms with van der Waals surface area (Å²) in [7, 11) is 3.00. The van der Waals surface area contributed by atoms with Crippen molar-refractivity contribution in [1.82, 2.24) is 0 Å². The third-order valence-corrected chi connectivity index (χ3v) is 2.03. The number of ether oxygens (including phenoxy) is 2. The van der Waals surface area contributed by atoms with E-state index < -0.39 is 11.2 Å². The van der Waals surface area contributed by atoms with Gasteiger partial charge in [-0.15, -0.1) is 0 Å². The fourth-order valence-electron chi connectivity index (χ4n) is 1.23. The van der Waals surface area contributed by atoms with Crippen LogP contribution < -0.4 is 0 Å². The van der Waals surface area contributed by atoms with Crippen LogP contribution in [-0.4, -0.2) is 25.4 Å². The summed E-state index contributed by atoms with van der Waals surface area (Å²) < 4.78 is 9.89. The fraction of sp³-hybridized carbons (Fsp3) is 0.273. The lowest BCUT2D eigenvalue weighted by Crippen LogP contribution is -2.08. The highest BCUT2D eigenvalue weighted by molar-refractivity contribution is 5.60. The van der Waals surface area contributed by atoms with Gasteiger partial charge in [0.1, 0.15) is 0 Å². The Hall–Kier alpha value is -1.72. The van der Waals surface area contributed by atoms with Gasteiger partial charge >= 0.3 is 0 Å². The van der Waals surface area contributed by atoms with E-state index in [1.807, 2.05) is 0 Å². The van der Waals surface area contributed by atoms with E-state index in [0.717, 1.165) is 0 Å². The van der Waals surface area contributed by atoms with E-state index in [0.29, 0.717) is 5.56 Å². The van der Waals surface area contributed by atoms with E-state index in [1.54, 1.807) is 30.4 Å². The number of hydrogen-bond donors (Lipinski definition) is 0. The molecule has 0 saturated heterocycles. The lowest BCUT2D eigenvalue weighted by atomic mass is 10.1. The van der Waals surface area contributed by atoms with Gasteiger partial charge < -0.3 is 9.47 Å². The number of rotatable bonds is 5. The van der Waals surface area contributed by atoms with Gasteiger partial charge in [-0.25, -0.2) is 0 Å². The van der Waals surface area contributed by atoms with Crippen LogP contribution in [0.3, 0.4) is 0 Å². The van der Waals surface area contributed by atoms with Crippen molar-refractivity contribution >= 4 is 11.8 Å². The van der Waals surface area contributed by atoms with Gasteiger partial charge in [-0.1, -0.05) is 12.1 Å². The van der Waals surface area contributed by atoms with Gasteiger partial charge in [0.05, 0.1) is 10.5 Å². The summed E-state index contributed by atoms with van der Waals surface area (Å²) in [6, 6.07) is 6.48. The van der Waals surface area contributed by atoms with Crippen LogP contribution >= 0.6 is 0 Å². The Morgan fingerprint density at radius 3 is 2.50 bits per heavy atom. The van der Waals surface area contributed by atoms with Crippen LogP contribution in [0, 0.1) is 10.1 Å². The second-order valence-electron chi connectivity index (χ2n) is 3.01. The maximum atomic E-state index is 10.7. The topological polar surface area (TPSA) is 61.6 Å². The van der Waals surface area contributed by atoms with Crippen molar-refractivity contribution in [3.8, 4) is 0 Å². The second-order valence-corrected chi connectivity index (χ2v) is 3.01. The van der Waals surface area contributed by atoms with Crippen molar-refractivity contribution in [3.63, 3.8) is 0 Å². The number of hydrogen-bond acceptors (Lipinski definition) is 4. The number of nitrogens with zero attached hydrogens (tertiary/aromatic N) is 1. The lowest BCUT2D eigenvalue weighted by Gasteiger charge is -2.07. The van der Waals surface area contributed by atoms with Crippen molar-refractivity contribution in [2.24, 2.45) is 0 Å². The van der Waals surface area contributed by atoms with E-state index in [1.165, 1.54) is 20.3 Å². The van der Waals surface area contributed by atoms with Gasteiger partial charge in [-0.2, -0.15) is 0 Å². The first-order chi connectivity index (χ1) is 7.69. The Balaban J connectivity index is 2.92. The number of nitro groups is 1. The Kier molecular flexibility index (Phi) is 4.63. The smallest absolute Gasteiger partial charge is 0.276 e. The molecule has 0 aliphatic rings. The normalized spacial score (nSPS) is 11.2. The van der Waals surface area contributed by atoms with Gasteiger partial charge in [0.25, 0.3) is 5.69 Å². The van der Waals surface area contributed by atoms with Crippen molar-refractivity contribution in [1.29, 1.82) is 0 Å². The summed E-state index contributed by atoms with van der Waals surface area (Å²) in [5.41, 5.74) is 0.580. The molecule has 0 bridgehead atoms. The molecule has 0 fully saturated rings. The van der Waals surface area contributed by atoms with Crippen LogP contribution in [0.2, 0.25) is 0 Å². The second kappa shape index (κ2) is 5.99. The Morgan fingerprint density at radius 1 is 1.31 bits per heavy atom. The van der Waals surface area contributed by atoms with Crippen molar-refractivity contribution in [3.05, 3.63) is 46.0 Å². The van der Waals surface area contributed by atoms with E-state index >= 15 is 0 Å². The van der Waals surface area contributed by atoms with E-state index in [9.17, 15) is 10.1 Å². The summed E-state index contributed by atoms with van der Waals surface area (Å²) in [6.07, 6.45) is 2.72. The van der Waals surface area contributed by atoms with Crippen LogP contribution in [0.15, 0.2) is 30.3 Å². The van der Waals surface area contributed by atoms with Gasteiger partial charge in [-0.3, -0.25) is 10.1 Å². The molecule has 0 radical (unpaired) electrons. The van der Waals surface area contributed by atoms with Crippen LogP contribution in [0.5, 0.6) is 0 Å². The van der Waals surface area contributed by atoms with Crippen LogP contribution in [0.25, 0.3) is 6.08 Å². The molecule has 0 heterocycles. The molecule has 5 nitrogen and oxygen atoms in total. The highest BCUT2D eigenvalue weighted by Crippen LogP contribution is 2.19. The first-order valence-corrected chi connectivity index (χ1v) is 4.66. The van der Waals surface area contributed by atoms with E-state index in [-0.39, 0.29) is 5.69 Å². The first kappa shape index (κ1) is 12.4. The molecule has 0 spiro atoms. The van der Waals surface area contributed by atoms with Gasteiger partial charge in [0.15, 0.2) is 6.29 Å². The molecule has 0 saturated carbocycles. The summed E-state index contributed by atoms with van der Waals surface area (Å²) in [5.74, 6) is 0. The molecule has 16 heavy (non-hydrogen) atoms. The number of benzene rings is 1. The van der Waals surface area contributed by atoms with E-state index in [4.69, 9.17) is 9.47 Å². The lowest BCUT2D eigenvalue weighted by molar-refractivity contribution is -0.385. The SMILES string of the molecule is COC(/C=C/c1ccccc1[N+](=O)[O-])OC. The summed E-state index contributed by atoms with van der Waals surface area (Å²) >= 11 is 0. The van der Waals surface area contributed by atoms with Crippen LogP contribution in [-0.2, 0) is 9.47 Å². The summed E-state index contributed by atoms with van der Waals surface area (Å²) in [4.78, 5) is 10.3. The minimum absolute atomic E-state index is 0.0599. The average Bonchev–Trinajstić information content (AvgIpc) is 2.30. The Labute approximate surface area is 93.4 Å². The summed E-state index contributed by atoms with van der Waals surface area (Å²) in [5, 5.41) is 10.7. The third-order valence-electron chi connectivity index (χ3n) is 2.03. The Bertz CT molecular complexity index is 385. The molecule has 0 unspecified atom stereocenters. The van der Waals surface area contributed by atoms with Gasteiger partial charge in [-0.05, 0) is 18.2 Å². The van der Waals surface area contributed by atoms with E-state index in [2.05, 4.69) is 0 Å². The summed E-state index contributed by atoms with van der Waals surface area (Å²) in [6.45, 7) is 0. The molecule has 1 aromatic carbocycles. The molecule has 0 aromatic heterocycles. The zero-order chi connectivity index (χ0) is 12.0. The monoisotopic (exact) mass is 223 g/mol. The average molecular weight is 223 g/mol. The minimum Gasteiger partial charge on any atom is -0.352 e. The molecule has 86 valence electrons. The largest absolute Gasteiger partial charge is 0.352 e. The minimum atomic E-state index is -0.500. The van der Waals surface area contributed by atoms with Crippen LogP contribution in [0.1, 0.15) is 5.56 Å². The van der Waals surface area contributed by atoms with Crippen LogP contribution in [0.4, 0.5) is 5.69 Å². The maximum Gasteiger partial charge on any atom is 0.276 e. The predicted molar refractivity (Wildman–Crippen MR) is 59.9 cm³/mol. The highest BCUT2D eigenvalue weighted by Gasteiger charge is 2.09.